The Morgan fingerprint density at radius 3 is 2.42 bits per heavy atom. The second kappa shape index (κ2) is 10.5. The van der Waals surface area contributed by atoms with Gasteiger partial charge in [-0.25, -0.2) is 13.1 Å². The highest BCUT2D eigenvalue weighted by atomic mass is 32.2. The first-order chi connectivity index (χ1) is 15.9. The molecule has 1 amide bonds. The van der Waals surface area contributed by atoms with E-state index in [4.69, 9.17) is 0 Å². The third-order valence-electron chi connectivity index (χ3n) is 7.36. The summed E-state index contributed by atoms with van der Waals surface area (Å²) in [5.41, 5.74) is 1.43. The Morgan fingerprint density at radius 2 is 1.76 bits per heavy atom. The first-order valence-corrected chi connectivity index (χ1v) is 14.0. The Hall–Kier alpha value is -2.00. The van der Waals surface area contributed by atoms with Gasteiger partial charge < -0.3 is 5.32 Å². The van der Waals surface area contributed by atoms with Crippen molar-refractivity contribution < 1.29 is 13.2 Å². The molecule has 8 nitrogen and oxygen atoms in total. The van der Waals surface area contributed by atoms with Crippen LogP contribution in [0.15, 0.2) is 23.1 Å². The summed E-state index contributed by atoms with van der Waals surface area (Å²) in [6.07, 6.45) is 10.3. The molecule has 1 aliphatic heterocycles. The summed E-state index contributed by atoms with van der Waals surface area (Å²) < 4.78 is 29.9. The Kier molecular flexibility index (Phi) is 7.69. The molecule has 0 radical (unpaired) electrons. The van der Waals surface area contributed by atoms with Gasteiger partial charge in [-0.2, -0.15) is 4.31 Å². The fourth-order valence-corrected chi connectivity index (χ4v) is 6.50. The van der Waals surface area contributed by atoms with E-state index >= 15 is 0 Å². The lowest BCUT2D eigenvalue weighted by Gasteiger charge is -2.31. The molecule has 2 heterocycles. The number of nitrogens with one attached hydrogen (secondary N) is 1. The lowest BCUT2D eigenvalue weighted by atomic mass is 9.94. The van der Waals surface area contributed by atoms with E-state index in [-0.39, 0.29) is 28.8 Å². The molecule has 1 aromatic carbocycles. The van der Waals surface area contributed by atoms with Crippen molar-refractivity contribution in [3.8, 4) is 0 Å². The number of benzene rings is 1. The van der Waals surface area contributed by atoms with Gasteiger partial charge in [-0.3, -0.25) is 4.79 Å². The number of piperidine rings is 1. The summed E-state index contributed by atoms with van der Waals surface area (Å²) in [6, 6.07) is 5.53. The van der Waals surface area contributed by atoms with Crippen molar-refractivity contribution >= 4 is 27.0 Å². The number of nitrogens with zero attached hydrogens (tertiary/aromatic N) is 4. The predicted octanol–water partition coefficient (Wildman–Crippen LogP) is 4.03. The molecule has 0 bridgehead atoms. The first-order valence-electron chi connectivity index (χ1n) is 12.6. The van der Waals surface area contributed by atoms with Gasteiger partial charge in [-0.1, -0.05) is 44.2 Å². The summed E-state index contributed by atoms with van der Waals surface area (Å²) >= 11 is 0. The van der Waals surface area contributed by atoms with E-state index in [1.165, 1.54) is 36.4 Å². The van der Waals surface area contributed by atoms with Gasteiger partial charge in [-0.15, -0.1) is 5.10 Å². The normalized spacial score (nSPS) is 20.9. The van der Waals surface area contributed by atoms with Gasteiger partial charge in [-0.05, 0) is 57.2 Å². The van der Waals surface area contributed by atoms with E-state index < -0.39 is 10.0 Å². The van der Waals surface area contributed by atoms with E-state index in [0.29, 0.717) is 31.4 Å². The molecule has 0 spiro atoms. The SMILES string of the molecule is CC[C@H](C)n1nnc2cc(S(=O)(=O)N3CCC(C(=O)NC4CCCCCCC4)CC3)ccc21. The molecule has 1 saturated carbocycles. The highest BCUT2D eigenvalue weighted by Gasteiger charge is 2.33. The molecule has 1 N–H and O–H groups in total. The molecule has 182 valence electrons. The number of carbonyl (C=O) groups is 1. The highest BCUT2D eigenvalue weighted by molar-refractivity contribution is 7.89. The number of hydrogen-bond donors (Lipinski definition) is 1. The van der Waals surface area contributed by atoms with E-state index in [1.807, 2.05) is 4.68 Å². The van der Waals surface area contributed by atoms with Crippen molar-refractivity contribution in [1.29, 1.82) is 0 Å². The largest absolute Gasteiger partial charge is 0.353 e. The Balaban J connectivity index is 1.38. The molecule has 1 atom stereocenters. The third kappa shape index (κ3) is 5.40. The van der Waals surface area contributed by atoms with E-state index in [1.54, 1.807) is 18.2 Å². The zero-order chi connectivity index (χ0) is 23.4. The third-order valence-corrected chi connectivity index (χ3v) is 9.26. The lowest BCUT2D eigenvalue weighted by molar-refractivity contribution is -0.127. The van der Waals surface area contributed by atoms with Crippen LogP contribution >= 0.6 is 0 Å². The van der Waals surface area contributed by atoms with Crippen molar-refractivity contribution in [2.45, 2.75) is 95.0 Å². The van der Waals surface area contributed by atoms with E-state index in [2.05, 4.69) is 29.5 Å². The fourth-order valence-electron chi connectivity index (χ4n) is 5.01. The number of rotatable bonds is 6. The number of amides is 1. The highest BCUT2D eigenvalue weighted by Crippen LogP contribution is 2.27. The van der Waals surface area contributed by atoms with Crippen LogP contribution < -0.4 is 5.32 Å². The van der Waals surface area contributed by atoms with Crippen molar-refractivity contribution in [3.05, 3.63) is 18.2 Å². The summed E-state index contributed by atoms with van der Waals surface area (Å²) in [5.74, 6) is -0.0134. The van der Waals surface area contributed by atoms with Gasteiger partial charge in [0, 0.05) is 25.0 Å². The minimum atomic E-state index is -3.63. The maximum Gasteiger partial charge on any atom is 0.243 e. The second-order valence-electron chi connectivity index (χ2n) is 9.67. The van der Waals surface area contributed by atoms with Crippen LogP contribution in [0, 0.1) is 5.92 Å². The number of hydrogen-bond acceptors (Lipinski definition) is 5. The van der Waals surface area contributed by atoms with Crippen LogP contribution in [0.1, 0.15) is 84.1 Å². The average Bonchev–Trinajstić information content (AvgIpc) is 3.23. The van der Waals surface area contributed by atoms with Crippen LogP contribution in [-0.4, -0.2) is 52.8 Å². The lowest BCUT2D eigenvalue weighted by Crippen LogP contribution is -2.45. The number of sulfonamides is 1. The van der Waals surface area contributed by atoms with Crippen LogP contribution in [0.5, 0.6) is 0 Å². The maximum atomic E-state index is 13.3. The van der Waals surface area contributed by atoms with Crippen molar-refractivity contribution in [3.63, 3.8) is 0 Å². The molecule has 2 fully saturated rings. The Morgan fingerprint density at radius 1 is 1.09 bits per heavy atom. The molecule has 1 aliphatic carbocycles. The zero-order valence-electron chi connectivity index (χ0n) is 19.9. The van der Waals surface area contributed by atoms with Crippen LogP contribution in [0.4, 0.5) is 0 Å². The molecule has 4 rings (SSSR count). The van der Waals surface area contributed by atoms with Gasteiger partial charge >= 0.3 is 0 Å². The van der Waals surface area contributed by atoms with Gasteiger partial charge in [0.1, 0.15) is 5.52 Å². The monoisotopic (exact) mass is 475 g/mol. The topological polar surface area (TPSA) is 97.2 Å². The standard InChI is InChI=1S/C24H37N5O3S/c1-3-18(2)29-23-12-11-21(17-22(23)26-27-29)33(31,32)28-15-13-19(14-16-28)24(30)25-20-9-7-5-4-6-8-10-20/h11-12,17-20H,3-10,13-16H2,1-2H3,(H,25,30)/t18-/m0/s1. The van der Waals surface area contributed by atoms with Gasteiger partial charge in [0.2, 0.25) is 15.9 Å². The molecular formula is C24H37N5O3S. The quantitative estimate of drug-likeness (QED) is 0.680. The van der Waals surface area contributed by atoms with Gasteiger partial charge in [0.15, 0.2) is 0 Å². The van der Waals surface area contributed by atoms with E-state index in [0.717, 1.165) is 24.8 Å². The fraction of sp³-hybridized carbons (Fsp3) is 0.708. The number of carbonyl (C=O) groups excluding carboxylic acids is 1. The molecule has 33 heavy (non-hydrogen) atoms. The Labute approximate surface area is 197 Å². The van der Waals surface area contributed by atoms with Crippen molar-refractivity contribution in [2.24, 2.45) is 5.92 Å². The summed E-state index contributed by atoms with van der Waals surface area (Å²) in [4.78, 5) is 13.1. The van der Waals surface area contributed by atoms with Crippen LogP contribution in [0.25, 0.3) is 11.0 Å². The van der Waals surface area contributed by atoms with Gasteiger partial charge in [0.25, 0.3) is 0 Å². The first kappa shape index (κ1) is 24.1. The second-order valence-corrected chi connectivity index (χ2v) is 11.6. The number of fused-ring (bicyclic) bond motifs is 1. The maximum absolute atomic E-state index is 13.3. The van der Waals surface area contributed by atoms with Crippen LogP contribution in [0.3, 0.4) is 0 Å². The molecule has 2 aromatic rings. The smallest absolute Gasteiger partial charge is 0.243 e. The minimum absolute atomic E-state index is 0.0979. The summed E-state index contributed by atoms with van der Waals surface area (Å²) in [7, 11) is -3.63. The van der Waals surface area contributed by atoms with Crippen molar-refractivity contribution in [1.82, 2.24) is 24.6 Å². The summed E-state index contributed by atoms with van der Waals surface area (Å²) in [6.45, 7) is 4.88. The zero-order valence-corrected chi connectivity index (χ0v) is 20.7. The van der Waals surface area contributed by atoms with Crippen LogP contribution in [-0.2, 0) is 14.8 Å². The van der Waals surface area contributed by atoms with Crippen LogP contribution in [0.2, 0.25) is 0 Å². The van der Waals surface area contributed by atoms with E-state index in [9.17, 15) is 13.2 Å². The number of aromatic nitrogens is 3. The molecule has 1 saturated heterocycles. The predicted molar refractivity (Wildman–Crippen MR) is 128 cm³/mol. The van der Waals surface area contributed by atoms with Gasteiger partial charge in [0.05, 0.1) is 16.5 Å². The average molecular weight is 476 g/mol. The van der Waals surface area contributed by atoms with Crippen molar-refractivity contribution in [2.75, 3.05) is 13.1 Å². The molecular weight excluding hydrogens is 438 g/mol. The molecule has 1 aromatic heterocycles. The summed E-state index contributed by atoms with van der Waals surface area (Å²) in [5, 5.41) is 11.6. The Bertz CT molecular complexity index is 1050. The molecule has 2 aliphatic rings. The molecule has 0 unspecified atom stereocenters. The minimum Gasteiger partial charge on any atom is -0.353 e. The molecule has 9 heteroatoms.